The van der Waals surface area contributed by atoms with E-state index >= 15 is 0 Å². The van der Waals surface area contributed by atoms with E-state index < -0.39 is 52.1 Å². The number of carbonyl (C=O) groups is 2. The van der Waals surface area contributed by atoms with Crippen molar-refractivity contribution in [3.63, 3.8) is 0 Å². The molecule has 2 heterocycles. The number of benzene rings is 1. The summed E-state index contributed by atoms with van der Waals surface area (Å²) in [4.78, 5) is 39.2. The zero-order chi connectivity index (χ0) is 26.1. The summed E-state index contributed by atoms with van der Waals surface area (Å²) in [5, 5.41) is 0. The molecule has 1 saturated heterocycles. The Morgan fingerprint density at radius 3 is 2.37 bits per heavy atom. The van der Waals surface area contributed by atoms with Crippen molar-refractivity contribution in [1.29, 1.82) is 0 Å². The molecule has 3 unspecified atom stereocenters. The van der Waals surface area contributed by atoms with Gasteiger partial charge in [0.15, 0.2) is 0 Å². The van der Waals surface area contributed by atoms with Gasteiger partial charge in [0.05, 0.1) is 4.47 Å². The minimum Gasteiger partial charge on any atom is -0.463 e. The maximum atomic E-state index is 13.0. The highest BCUT2D eigenvalue weighted by Crippen LogP contribution is 2.33. The largest absolute Gasteiger partial charge is 0.463 e. The van der Waals surface area contributed by atoms with Crippen LogP contribution in [-0.4, -0.2) is 48.7 Å². The van der Waals surface area contributed by atoms with Gasteiger partial charge >= 0.3 is 27.7 Å². The van der Waals surface area contributed by atoms with Crippen LogP contribution in [0.5, 0.6) is 5.88 Å². The van der Waals surface area contributed by atoms with E-state index in [0.29, 0.717) is 11.1 Å². The molecular weight excluding hydrogens is 548 g/mol. The smallest absolute Gasteiger partial charge is 0.353 e. The molecule has 35 heavy (non-hydrogen) atoms. The monoisotopic (exact) mass is 572 g/mol. The zero-order valence-electron chi connectivity index (χ0n) is 19.7. The van der Waals surface area contributed by atoms with Crippen LogP contribution in [0.25, 0.3) is 0 Å². The van der Waals surface area contributed by atoms with Crippen LogP contribution < -0.4 is 9.87 Å². The minimum atomic E-state index is -4.29. The molecule has 1 aliphatic heterocycles. The lowest BCUT2D eigenvalue weighted by Gasteiger charge is -2.18. The fraction of sp³-hybridized carbons (Fsp3) is 0.455. The lowest BCUT2D eigenvalue weighted by molar-refractivity contribution is -0.155. The lowest BCUT2D eigenvalue weighted by Crippen LogP contribution is -2.31. The highest BCUT2D eigenvalue weighted by molar-refractivity contribution is 9.10. The molecule has 0 bridgehead atoms. The van der Waals surface area contributed by atoms with Crippen LogP contribution in [0.2, 0.25) is 0 Å². The van der Waals surface area contributed by atoms with Crippen molar-refractivity contribution in [1.82, 2.24) is 9.55 Å². The second-order valence-corrected chi connectivity index (χ2v) is 10.5. The van der Waals surface area contributed by atoms with Crippen molar-refractivity contribution < 1.29 is 36.4 Å². The van der Waals surface area contributed by atoms with Gasteiger partial charge in [0.25, 0.3) is 5.88 Å². The summed E-state index contributed by atoms with van der Waals surface area (Å²) >= 11 is 3.20. The summed E-state index contributed by atoms with van der Waals surface area (Å²) < 4.78 is 48.3. The highest BCUT2D eigenvalue weighted by atomic mass is 79.9. The van der Waals surface area contributed by atoms with E-state index in [1.807, 2.05) is 6.92 Å². The molecular formula is C22H25BrN2O9S. The Morgan fingerprint density at radius 1 is 1.17 bits per heavy atom. The van der Waals surface area contributed by atoms with Gasteiger partial charge in [-0.05, 0) is 47.8 Å². The molecule has 0 spiro atoms. The summed E-state index contributed by atoms with van der Waals surface area (Å²) in [6.07, 6.45) is -1.13. The number of esters is 2. The number of hydrogen-bond acceptors (Lipinski definition) is 10. The number of aromatic nitrogens is 2. The third kappa shape index (κ3) is 6.27. The number of nitrogens with zero attached hydrogens (tertiary/aromatic N) is 2. The molecule has 1 aliphatic rings. The standard InChI is InChI=1S/C22H25BrN2O9S/c1-11-6-12(2)20(13(3)7-11)35(29,30)34-21-16(23)9-25(22(28)24-21)19-8-17(32-15(5)27)18(33-19)10-31-14(4)26/h6-7,9,17-19H,8,10H2,1-5H3. The molecule has 11 nitrogen and oxygen atoms in total. The molecule has 0 N–H and O–H groups in total. The Labute approximate surface area is 210 Å². The zero-order valence-corrected chi connectivity index (χ0v) is 22.1. The van der Waals surface area contributed by atoms with Gasteiger partial charge in [0.2, 0.25) is 0 Å². The summed E-state index contributed by atoms with van der Waals surface area (Å²) in [5.74, 6) is -1.53. The van der Waals surface area contributed by atoms with E-state index in [4.69, 9.17) is 18.4 Å². The van der Waals surface area contributed by atoms with E-state index in [9.17, 15) is 22.8 Å². The van der Waals surface area contributed by atoms with E-state index in [1.165, 1.54) is 20.0 Å². The second kappa shape index (κ2) is 10.5. The van der Waals surface area contributed by atoms with Crippen LogP contribution in [0, 0.1) is 20.8 Å². The first-order valence-corrected chi connectivity index (χ1v) is 12.8. The summed E-state index contributed by atoms with van der Waals surface area (Å²) in [7, 11) is -4.29. The Bertz CT molecular complexity index is 1300. The average molecular weight is 573 g/mol. The third-order valence-corrected chi connectivity index (χ3v) is 7.24. The number of carbonyl (C=O) groups excluding carboxylic acids is 2. The van der Waals surface area contributed by atoms with Crippen LogP contribution in [0.1, 0.15) is 43.2 Å². The first-order chi connectivity index (χ1) is 16.3. The molecule has 0 saturated carbocycles. The van der Waals surface area contributed by atoms with Gasteiger partial charge < -0.3 is 18.4 Å². The summed E-state index contributed by atoms with van der Waals surface area (Å²) in [6.45, 7) is 7.43. The molecule has 1 fully saturated rings. The van der Waals surface area contributed by atoms with Gasteiger partial charge in [-0.1, -0.05) is 17.7 Å². The summed E-state index contributed by atoms with van der Waals surface area (Å²) in [6, 6.07) is 3.43. The van der Waals surface area contributed by atoms with Gasteiger partial charge in [0.1, 0.15) is 29.9 Å². The number of ether oxygens (including phenoxy) is 3. The first kappa shape index (κ1) is 26.8. The van der Waals surface area contributed by atoms with Crippen LogP contribution in [0.3, 0.4) is 0 Å². The quantitative estimate of drug-likeness (QED) is 0.359. The van der Waals surface area contributed by atoms with Crippen molar-refractivity contribution in [3.8, 4) is 5.88 Å². The van der Waals surface area contributed by atoms with Crippen molar-refractivity contribution in [2.75, 3.05) is 6.61 Å². The molecule has 2 aromatic rings. The van der Waals surface area contributed by atoms with Crippen LogP contribution >= 0.6 is 15.9 Å². The van der Waals surface area contributed by atoms with Crippen LogP contribution in [-0.2, 0) is 33.9 Å². The molecule has 1 aromatic heterocycles. The molecule has 1 aromatic carbocycles. The van der Waals surface area contributed by atoms with Crippen molar-refractivity contribution in [3.05, 3.63) is 50.0 Å². The predicted molar refractivity (Wildman–Crippen MR) is 125 cm³/mol. The maximum absolute atomic E-state index is 13.0. The Hall–Kier alpha value is -2.77. The Balaban J connectivity index is 1.88. The first-order valence-electron chi connectivity index (χ1n) is 10.6. The molecule has 0 radical (unpaired) electrons. The Kier molecular flexibility index (Phi) is 8.02. The third-order valence-electron chi connectivity index (χ3n) is 5.18. The fourth-order valence-electron chi connectivity index (χ4n) is 3.96. The number of rotatable bonds is 7. The van der Waals surface area contributed by atoms with Gasteiger partial charge in [-0.3, -0.25) is 14.2 Å². The number of hydrogen-bond donors (Lipinski definition) is 0. The van der Waals surface area contributed by atoms with E-state index in [2.05, 4.69) is 20.9 Å². The second-order valence-electron chi connectivity index (χ2n) is 8.16. The van der Waals surface area contributed by atoms with Gasteiger partial charge in [-0.25, -0.2) is 4.79 Å². The van der Waals surface area contributed by atoms with E-state index in [1.54, 1.807) is 26.0 Å². The van der Waals surface area contributed by atoms with Gasteiger partial charge in [-0.15, -0.1) is 0 Å². The topological polar surface area (TPSA) is 140 Å². The molecule has 13 heteroatoms. The molecule has 0 amide bonds. The minimum absolute atomic E-state index is 0.00218. The summed E-state index contributed by atoms with van der Waals surface area (Å²) in [5.41, 5.74) is 1.05. The SMILES string of the molecule is CC(=O)OCC1OC(n2cc(Br)c(OS(=O)(=O)c3c(C)cc(C)cc3C)nc2=O)CC1OC(C)=O. The highest BCUT2D eigenvalue weighted by Gasteiger charge is 2.40. The van der Waals surface area contributed by atoms with E-state index in [0.717, 1.165) is 10.1 Å². The maximum Gasteiger partial charge on any atom is 0.353 e. The van der Waals surface area contributed by atoms with Crippen LogP contribution in [0.4, 0.5) is 0 Å². The fourth-order valence-corrected chi connectivity index (χ4v) is 5.78. The molecule has 3 atom stereocenters. The number of aryl methyl sites for hydroxylation is 3. The molecule has 190 valence electrons. The van der Waals surface area contributed by atoms with Crippen molar-refractivity contribution in [2.45, 2.75) is 64.4 Å². The van der Waals surface area contributed by atoms with Gasteiger partial charge in [0, 0.05) is 26.5 Å². The van der Waals surface area contributed by atoms with Crippen molar-refractivity contribution in [2.24, 2.45) is 0 Å². The average Bonchev–Trinajstić information content (AvgIpc) is 3.09. The normalized spacial score (nSPS) is 19.9. The predicted octanol–water partition coefficient (Wildman–Crippen LogP) is 2.48. The number of halogens is 1. The Morgan fingerprint density at radius 2 is 1.80 bits per heavy atom. The lowest BCUT2D eigenvalue weighted by atomic mass is 10.1. The molecule has 3 rings (SSSR count). The van der Waals surface area contributed by atoms with Crippen molar-refractivity contribution >= 4 is 38.0 Å². The van der Waals surface area contributed by atoms with Gasteiger partial charge in [-0.2, -0.15) is 13.4 Å². The van der Waals surface area contributed by atoms with E-state index in [-0.39, 0.29) is 22.4 Å². The molecule has 0 aliphatic carbocycles. The van der Waals surface area contributed by atoms with Crippen LogP contribution in [0.15, 0.2) is 32.5 Å².